The van der Waals surface area contributed by atoms with E-state index in [1.165, 1.54) is 18.3 Å². The lowest BCUT2D eigenvalue weighted by molar-refractivity contribution is -0.384. The van der Waals surface area contributed by atoms with Gasteiger partial charge in [-0.3, -0.25) is 14.8 Å². The molecule has 0 radical (unpaired) electrons. The van der Waals surface area contributed by atoms with Crippen molar-refractivity contribution in [1.82, 2.24) is 4.98 Å². The van der Waals surface area contributed by atoms with Crippen LogP contribution < -0.4 is 10.5 Å². The number of aromatic nitrogens is 1. The summed E-state index contributed by atoms with van der Waals surface area (Å²) in [6.45, 7) is 0. The number of non-ortho nitro benzene ring substituents is 1. The number of rotatable bonds is 4. The van der Waals surface area contributed by atoms with Crippen LogP contribution in [0.5, 0.6) is 0 Å². The standard InChI is InChI=1S/C11H10N4O4S/c12-11-6-1-8(7-13-11)14-20(18,19)10-4-2-9(3-5-10)15(16)17/h1-7,14H,(H2,12,13). The minimum Gasteiger partial charge on any atom is -0.384 e. The first-order valence-electron chi connectivity index (χ1n) is 5.37. The number of hydrogen-bond acceptors (Lipinski definition) is 6. The van der Waals surface area contributed by atoms with E-state index in [2.05, 4.69) is 9.71 Å². The summed E-state index contributed by atoms with van der Waals surface area (Å²) in [4.78, 5) is 13.6. The summed E-state index contributed by atoms with van der Waals surface area (Å²) in [7, 11) is -3.82. The number of nitrogens with one attached hydrogen (secondary N) is 1. The first kappa shape index (κ1) is 13.7. The minimum atomic E-state index is -3.82. The second-order valence-electron chi connectivity index (χ2n) is 3.83. The molecule has 9 heteroatoms. The summed E-state index contributed by atoms with van der Waals surface area (Å²) in [6, 6.07) is 7.47. The molecule has 2 aromatic rings. The molecule has 1 aromatic carbocycles. The van der Waals surface area contributed by atoms with E-state index in [0.717, 1.165) is 24.3 Å². The van der Waals surface area contributed by atoms with Gasteiger partial charge in [-0.05, 0) is 24.3 Å². The van der Waals surface area contributed by atoms with E-state index in [1.807, 2.05) is 0 Å². The van der Waals surface area contributed by atoms with E-state index in [1.54, 1.807) is 0 Å². The van der Waals surface area contributed by atoms with Crippen molar-refractivity contribution in [3.8, 4) is 0 Å². The molecule has 1 aromatic heterocycles. The van der Waals surface area contributed by atoms with Gasteiger partial charge in [0.2, 0.25) is 0 Å². The van der Waals surface area contributed by atoms with Crippen molar-refractivity contribution in [1.29, 1.82) is 0 Å². The maximum atomic E-state index is 12.0. The Balaban J connectivity index is 2.26. The third-order valence-corrected chi connectivity index (χ3v) is 3.79. The lowest BCUT2D eigenvalue weighted by atomic mass is 10.3. The molecule has 0 unspecified atom stereocenters. The van der Waals surface area contributed by atoms with E-state index in [0.29, 0.717) is 0 Å². The molecule has 0 aliphatic heterocycles. The zero-order valence-corrected chi connectivity index (χ0v) is 10.9. The molecule has 104 valence electrons. The number of anilines is 2. The van der Waals surface area contributed by atoms with Crippen LogP contribution >= 0.6 is 0 Å². The number of sulfonamides is 1. The Morgan fingerprint density at radius 3 is 2.30 bits per heavy atom. The fourth-order valence-corrected chi connectivity index (χ4v) is 2.47. The number of nitrogens with zero attached hydrogens (tertiary/aromatic N) is 2. The molecule has 1 heterocycles. The van der Waals surface area contributed by atoms with E-state index < -0.39 is 14.9 Å². The quantitative estimate of drug-likeness (QED) is 0.647. The van der Waals surface area contributed by atoms with E-state index in [-0.39, 0.29) is 22.1 Å². The largest absolute Gasteiger partial charge is 0.384 e. The molecule has 0 amide bonds. The van der Waals surface area contributed by atoms with Gasteiger partial charge in [0.1, 0.15) is 5.82 Å². The van der Waals surface area contributed by atoms with Crippen LogP contribution in [0.25, 0.3) is 0 Å². The molecular weight excluding hydrogens is 284 g/mol. The van der Waals surface area contributed by atoms with Gasteiger partial charge >= 0.3 is 0 Å². The van der Waals surface area contributed by atoms with Gasteiger partial charge in [0.25, 0.3) is 15.7 Å². The summed E-state index contributed by atoms with van der Waals surface area (Å²) in [5.41, 5.74) is 5.46. The Bertz CT molecular complexity index is 726. The molecule has 8 nitrogen and oxygen atoms in total. The van der Waals surface area contributed by atoms with Crippen LogP contribution in [-0.4, -0.2) is 18.3 Å². The molecular formula is C11H10N4O4S. The van der Waals surface area contributed by atoms with Gasteiger partial charge in [-0.1, -0.05) is 0 Å². The van der Waals surface area contributed by atoms with E-state index in [4.69, 9.17) is 5.73 Å². The van der Waals surface area contributed by atoms with Gasteiger partial charge < -0.3 is 5.73 Å². The van der Waals surface area contributed by atoms with E-state index >= 15 is 0 Å². The molecule has 2 rings (SSSR count). The van der Waals surface area contributed by atoms with Crippen LogP contribution in [0.2, 0.25) is 0 Å². The molecule has 0 atom stereocenters. The van der Waals surface area contributed by atoms with Gasteiger partial charge in [-0.2, -0.15) is 0 Å². The van der Waals surface area contributed by atoms with Crippen LogP contribution in [0.3, 0.4) is 0 Å². The highest BCUT2D eigenvalue weighted by molar-refractivity contribution is 7.92. The lowest BCUT2D eigenvalue weighted by Crippen LogP contribution is -2.13. The van der Waals surface area contributed by atoms with Gasteiger partial charge in [0.05, 0.1) is 21.7 Å². The molecule has 0 aliphatic rings. The Morgan fingerprint density at radius 2 is 1.80 bits per heavy atom. The summed E-state index contributed by atoms with van der Waals surface area (Å²) >= 11 is 0. The van der Waals surface area contributed by atoms with Gasteiger partial charge in [-0.15, -0.1) is 0 Å². The average molecular weight is 294 g/mol. The minimum absolute atomic E-state index is 0.0834. The summed E-state index contributed by atoms with van der Waals surface area (Å²) in [5, 5.41) is 10.5. The number of nitrogen functional groups attached to an aromatic ring is 1. The smallest absolute Gasteiger partial charge is 0.269 e. The summed E-state index contributed by atoms with van der Waals surface area (Å²) in [6.07, 6.45) is 1.28. The molecule has 0 fully saturated rings. The number of hydrogen-bond donors (Lipinski definition) is 2. The summed E-state index contributed by atoms with van der Waals surface area (Å²) in [5.74, 6) is 0.267. The maximum Gasteiger partial charge on any atom is 0.269 e. The first-order valence-corrected chi connectivity index (χ1v) is 6.85. The molecule has 0 saturated carbocycles. The topological polar surface area (TPSA) is 128 Å². The molecule has 0 spiro atoms. The molecule has 3 N–H and O–H groups in total. The average Bonchev–Trinajstić information content (AvgIpc) is 2.41. The Hall–Kier alpha value is -2.68. The molecule has 0 saturated heterocycles. The van der Waals surface area contributed by atoms with Gasteiger partial charge in [0, 0.05) is 12.1 Å². The van der Waals surface area contributed by atoms with Crippen LogP contribution in [0.4, 0.5) is 17.2 Å². The lowest BCUT2D eigenvalue weighted by Gasteiger charge is -2.07. The van der Waals surface area contributed by atoms with Crippen LogP contribution in [0, 0.1) is 10.1 Å². The second-order valence-corrected chi connectivity index (χ2v) is 5.51. The Morgan fingerprint density at radius 1 is 1.15 bits per heavy atom. The fraction of sp³-hybridized carbons (Fsp3) is 0. The highest BCUT2D eigenvalue weighted by Crippen LogP contribution is 2.19. The van der Waals surface area contributed by atoms with Crippen molar-refractivity contribution in [2.24, 2.45) is 0 Å². The number of nitro groups is 1. The monoisotopic (exact) mass is 294 g/mol. The van der Waals surface area contributed by atoms with Crippen molar-refractivity contribution in [3.63, 3.8) is 0 Å². The van der Waals surface area contributed by atoms with Crippen molar-refractivity contribution in [2.45, 2.75) is 4.90 Å². The van der Waals surface area contributed by atoms with Crippen LogP contribution in [0.1, 0.15) is 0 Å². The molecule has 0 bridgehead atoms. The Labute approximate surface area is 114 Å². The Kier molecular flexibility index (Phi) is 3.53. The SMILES string of the molecule is Nc1ccc(NS(=O)(=O)c2ccc([N+](=O)[O-])cc2)cn1. The normalized spacial score (nSPS) is 11.0. The number of benzene rings is 1. The number of nitrogens with two attached hydrogens (primary N) is 1. The summed E-state index contributed by atoms with van der Waals surface area (Å²) < 4.78 is 26.4. The van der Waals surface area contributed by atoms with Crippen molar-refractivity contribution in [2.75, 3.05) is 10.5 Å². The van der Waals surface area contributed by atoms with Crippen molar-refractivity contribution in [3.05, 3.63) is 52.7 Å². The van der Waals surface area contributed by atoms with Crippen molar-refractivity contribution < 1.29 is 13.3 Å². The second kappa shape index (κ2) is 5.13. The fourth-order valence-electron chi connectivity index (χ4n) is 1.43. The van der Waals surface area contributed by atoms with Crippen LogP contribution in [0.15, 0.2) is 47.5 Å². The first-order chi connectivity index (χ1) is 9.38. The highest BCUT2D eigenvalue weighted by atomic mass is 32.2. The van der Waals surface area contributed by atoms with Gasteiger partial charge in [0.15, 0.2) is 0 Å². The zero-order valence-electron chi connectivity index (χ0n) is 10.1. The number of nitro benzene ring substituents is 1. The van der Waals surface area contributed by atoms with Crippen molar-refractivity contribution >= 4 is 27.2 Å². The zero-order chi connectivity index (χ0) is 14.8. The third kappa shape index (κ3) is 3.01. The predicted molar refractivity (Wildman–Crippen MR) is 72.6 cm³/mol. The third-order valence-electron chi connectivity index (χ3n) is 2.40. The van der Waals surface area contributed by atoms with Crippen LogP contribution in [-0.2, 0) is 10.0 Å². The highest BCUT2D eigenvalue weighted by Gasteiger charge is 2.16. The van der Waals surface area contributed by atoms with Gasteiger partial charge in [-0.25, -0.2) is 13.4 Å². The molecule has 20 heavy (non-hydrogen) atoms. The maximum absolute atomic E-state index is 12.0. The predicted octanol–water partition coefficient (Wildman–Crippen LogP) is 1.37. The molecule has 0 aliphatic carbocycles. The number of pyridine rings is 1. The van der Waals surface area contributed by atoms with E-state index in [9.17, 15) is 18.5 Å².